The normalized spacial score (nSPS) is 10.7. The van der Waals surface area contributed by atoms with Crippen LogP contribution in [0.1, 0.15) is 12.0 Å². The molecule has 0 heterocycles. The molecule has 108 valence electrons. The summed E-state index contributed by atoms with van der Waals surface area (Å²) in [5.41, 5.74) is 0.978. The summed E-state index contributed by atoms with van der Waals surface area (Å²) >= 11 is 6.14. The van der Waals surface area contributed by atoms with Gasteiger partial charge in [0, 0.05) is 37.5 Å². The summed E-state index contributed by atoms with van der Waals surface area (Å²) in [5.74, 6) is 0.808. The van der Waals surface area contributed by atoms with Gasteiger partial charge in [-0.2, -0.15) is 0 Å². The van der Waals surface area contributed by atoms with Crippen molar-refractivity contribution in [2.45, 2.75) is 13.0 Å². The second-order valence-corrected chi connectivity index (χ2v) is 4.46. The van der Waals surface area contributed by atoms with E-state index in [0.717, 1.165) is 24.3 Å². The molecular formula is C14H22ClNO3. The smallest absolute Gasteiger partial charge is 0.125 e. The number of ether oxygens (including phenoxy) is 3. The standard InChI is InChI=1S/C14H22ClNO3/c1-16-11-12-13(15)5-3-6-14(12)19-10-9-18-8-4-7-17-2/h3,5-6,16H,4,7-11H2,1-2H3. The van der Waals surface area contributed by atoms with Gasteiger partial charge in [0.25, 0.3) is 0 Å². The van der Waals surface area contributed by atoms with Gasteiger partial charge in [-0.1, -0.05) is 17.7 Å². The van der Waals surface area contributed by atoms with Crippen molar-refractivity contribution in [2.24, 2.45) is 0 Å². The maximum absolute atomic E-state index is 6.14. The van der Waals surface area contributed by atoms with Gasteiger partial charge in [0.05, 0.1) is 6.61 Å². The lowest BCUT2D eigenvalue weighted by molar-refractivity contribution is 0.0804. The van der Waals surface area contributed by atoms with Crippen LogP contribution in [-0.2, 0) is 16.0 Å². The molecule has 0 atom stereocenters. The molecule has 0 saturated carbocycles. The minimum atomic E-state index is 0.518. The maximum Gasteiger partial charge on any atom is 0.125 e. The van der Waals surface area contributed by atoms with Crippen molar-refractivity contribution in [2.75, 3.05) is 40.6 Å². The van der Waals surface area contributed by atoms with Crippen LogP contribution in [0, 0.1) is 0 Å². The first-order valence-corrected chi connectivity index (χ1v) is 6.79. The van der Waals surface area contributed by atoms with E-state index < -0.39 is 0 Å². The predicted molar refractivity (Wildman–Crippen MR) is 77.0 cm³/mol. The van der Waals surface area contributed by atoms with Gasteiger partial charge >= 0.3 is 0 Å². The quantitative estimate of drug-likeness (QED) is 0.671. The molecular weight excluding hydrogens is 266 g/mol. The van der Waals surface area contributed by atoms with Gasteiger partial charge in [0.1, 0.15) is 12.4 Å². The summed E-state index contributed by atoms with van der Waals surface area (Å²) in [6, 6.07) is 5.67. The molecule has 0 bridgehead atoms. The Bertz CT molecular complexity index is 361. The molecule has 0 aromatic heterocycles. The Morgan fingerprint density at radius 1 is 1.16 bits per heavy atom. The Morgan fingerprint density at radius 3 is 2.74 bits per heavy atom. The van der Waals surface area contributed by atoms with E-state index in [2.05, 4.69) is 5.32 Å². The van der Waals surface area contributed by atoms with E-state index >= 15 is 0 Å². The Hall–Kier alpha value is -0.810. The lowest BCUT2D eigenvalue weighted by atomic mass is 10.2. The number of nitrogens with one attached hydrogen (secondary N) is 1. The van der Waals surface area contributed by atoms with Gasteiger partial charge in [-0.05, 0) is 25.6 Å². The van der Waals surface area contributed by atoms with Crippen molar-refractivity contribution < 1.29 is 14.2 Å². The average Bonchev–Trinajstić information content (AvgIpc) is 2.41. The Morgan fingerprint density at radius 2 is 2.00 bits per heavy atom. The highest BCUT2D eigenvalue weighted by Gasteiger charge is 2.06. The second kappa shape index (κ2) is 10.0. The number of hydrogen-bond acceptors (Lipinski definition) is 4. The summed E-state index contributed by atoms with van der Waals surface area (Å²) in [5, 5.41) is 3.80. The molecule has 1 aromatic carbocycles. The van der Waals surface area contributed by atoms with Crippen LogP contribution >= 0.6 is 11.6 Å². The van der Waals surface area contributed by atoms with Crippen molar-refractivity contribution >= 4 is 11.6 Å². The van der Waals surface area contributed by atoms with E-state index in [1.54, 1.807) is 7.11 Å². The Labute approximate surface area is 120 Å². The highest BCUT2D eigenvalue weighted by Crippen LogP contribution is 2.26. The highest BCUT2D eigenvalue weighted by molar-refractivity contribution is 6.31. The lowest BCUT2D eigenvalue weighted by Gasteiger charge is -2.12. The Balaban J connectivity index is 2.30. The topological polar surface area (TPSA) is 39.7 Å². The minimum absolute atomic E-state index is 0.518. The zero-order valence-electron chi connectivity index (χ0n) is 11.6. The van der Waals surface area contributed by atoms with Crippen LogP contribution in [0.2, 0.25) is 5.02 Å². The third-order valence-electron chi connectivity index (χ3n) is 2.55. The molecule has 0 fully saturated rings. The number of benzene rings is 1. The van der Waals surface area contributed by atoms with Crippen LogP contribution in [0.4, 0.5) is 0 Å². The van der Waals surface area contributed by atoms with E-state index in [1.807, 2.05) is 25.2 Å². The molecule has 0 aliphatic rings. The third-order valence-corrected chi connectivity index (χ3v) is 2.91. The van der Waals surface area contributed by atoms with Gasteiger partial charge in [0.15, 0.2) is 0 Å². The van der Waals surface area contributed by atoms with Crippen molar-refractivity contribution in [1.29, 1.82) is 0 Å². The number of hydrogen-bond donors (Lipinski definition) is 1. The first kappa shape index (κ1) is 16.2. The van der Waals surface area contributed by atoms with Crippen molar-refractivity contribution in [3.8, 4) is 5.75 Å². The zero-order chi connectivity index (χ0) is 13.9. The first-order valence-electron chi connectivity index (χ1n) is 6.41. The van der Waals surface area contributed by atoms with Gasteiger partial charge in [-0.25, -0.2) is 0 Å². The average molecular weight is 288 g/mol. The summed E-state index contributed by atoms with van der Waals surface area (Å²) in [4.78, 5) is 0. The van der Waals surface area contributed by atoms with E-state index in [-0.39, 0.29) is 0 Å². The molecule has 0 aliphatic carbocycles. The van der Waals surface area contributed by atoms with Crippen LogP contribution in [-0.4, -0.2) is 40.6 Å². The van der Waals surface area contributed by atoms with Crippen LogP contribution < -0.4 is 10.1 Å². The zero-order valence-corrected chi connectivity index (χ0v) is 12.3. The number of methoxy groups -OCH3 is 1. The van der Waals surface area contributed by atoms with Crippen molar-refractivity contribution in [3.05, 3.63) is 28.8 Å². The van der Waals surface area contributed by atoms with Gasteiger partial charge in [0.2, 0.25) is 0 Å². The summed E-state index contributed by atoms with van der Waals surface area (Å²) in [7, 11) is 3.57. The molecule has 19 heavy (non-hydrogen) atoms. The highest BCUT2D eigenvalue weighted by atomic mass is 35.5. The van der Waals surface area contributed by atoms with Crippen LogP contribution in [0.15, 0.2) is 18.2 Å². The number of rotatable bonds is 10. The minimum Gasteiger partial charge on any atom is -0.491 e. The first-order chi connectivity index (χ1) is 9.29. The van der Waals surface area contributed by atoms with E-state index in [1.165, 1.54) is 0 Å². The number of halogens is 1. The third kappa shape index (κ3) is 6.25. The van der Waals surface area contributed by atoms with Crippen LogP contribution in [0.25, 0.3) is 0 Å². The molecule has 1 aromatic rings. The van der Waals surface area contributed by atoms with Gasteiger partial charge in [-0.3, -0.25) is 0 Å². The monoisotopic (exact) mass is 287 g/mol. The van der Waals surface area contributed by atoms with Crippen LogP contribution in [0.3, 0.4) is 0 Å². The SMILES string of the molecule is CNCc1c(Cl)cccc1OCCOCCCOC. The summed E-state index contributed by atoms with van der Waals surface area (Å²) in [6.07, 6.45) is 0.901. The molecule has 0 unspecified atom stereocenters. The van der Waals surface area contributed by atoms with E-state index in [9.17, 15) is 0 Å². The molecule has 0 radical (unpaired) electrons. The van der Waals surface area contributed by atoms with Gasteiger partial charge < -0.3 is 19.5 Å². The molecule has 4 nitrogen and oxygen atoms in total. The fourth-order valence-electron chi connectivity index (χ4n) is 1.64. The van der Waals surface area contributed by atoms with Crippen LogP contribution in [0.5, 0.6) is 5.75 Å². The largest absolute Gasteiger partial charge is 0.491 e. The molecule has 0 saturated heterocycles. The van der Waals surface area contributed by atoms with E-state index in [4.69, 9.17) is 25.8 Å². The lowest BCUT2D eigenvalue weighted by Crippen LogP contribution is -2.12. The van der Waals surface area contributed by atoms with Gasteiger partial charge in [-0.15, -0.1) is 0 Å². The molecule has 1 rings (SSSR count). The molecule has 5 heteroatoms. The molecule has 0 aliphatic heterocycles. The summed E-state index contributed by atoms with van der Waals surface area (Å²) < 4.78 is 16.1. The molecule has 1 N–H and O–H groups in total. The Kier molecular flexibility index (Phi) is 8.58. The van der Waals surface area contributed by atoms with E-state index in [0.29, 0.717) is 31.4 Å². The van der Waals surface area contributed by atoms with Crippen molar-refractivity contribution in [1.82, 2.24) is 5.32 Å². The fraction of sp³-hybridized carbons (Fsp3) is 0.571. The summed E-state index contributed by atoms with van der Waals surface area (Å²) in [6.45, 7) is 3.18. The second-order valence-electron chi connectivity index (χ2n) is 4.05. The molecule has 0 spiro atoms. The maximum atomic E-state index is 6.14. The van der Waals surface area contributed by atoms with Crippen molar-refractivity contribution in [3.63, 3.8) is 0 Å². The fourth-order valence-corrected chi connectivity index (χ4v) is 1.87. The molecule has 0 amide bonds. The predicted octanol–water partition coefficient (Wildman–Crippen LogP) is 2.49.